The number of carbonyl (C=O) groups excluding carboxylic acids is 1. The highest BCUT2D eigenvalue weighted by atomic mass is 16.5. The molecule has 2 atom stereocenters. The first-order valence-corrected chi connectivity index (χ1v) is 6.23. The van der Waals surface area contributed by atoms with Crippen molar-refractivity contribution in [3.8, 4) is 0 Å². The molecule has 16 heavy (non-hydrogen) atoms. The van der Waals surface area contributed by atoms with Crippen molar-refractivity contribution in [2.75, 3.05) is 26.3 Å². The molecule has 92 valence electrons. The number of amides is 1. The van der Waals surface area contributed by atoms with E-state index in [1.54, 1.807) is 0 Å². The number of aliphatic hydroxyl groups is 1. The average Bonchev–Trinajstić information content (AvgIpc) is 2.78. The van der Waals surface area contributed by atoms with Gasteiger partial charge in [-0.1, -0.05) is 0 Å². The van der Waals surface area contributed by atoms with E-state index >= 15 is 0 Å². The Morgan fingerprint density at radius 1 is 1.38 bits per heavy atom. The predicted octanol–water partition coefficient (Wildman–Crippen LogP) is 0.642. The minimum absolute atomic E-state index is 0.154. The Bertz CT molecular complexity index is 249. The van der Waals surface area contributed by atoms with Crippen LogP contribution in [0.4, 0.5) is 0 Å². The molecule has 0 aromatic rings. The third-order valence-corrected chi connectivity index (χ3v) is 3.79. The summed E-state index contributed by atoms with van der Waals surface area (Å²) >= 11 is 0. The Hall–Kier alpha value is -0.610. The Morgan fingerprint density at radius 3 is 2.62 bits per heavy atom. The van der Waals surface area contributed by atoms with Crippen LogP contribution >= 0.6 is 0 Å². The van der Waals surface area contributed by atoms with Crippen LogP contribution in [0.2, 0.25) is 0 Å². The van der Waals surface area contributed by atoms with Crippen LogP contribution in [-0.4, -0.2) is 48.3 Å². The fourth-order valence-corrected chi connectivity index (χ4v) is 2.58. The molecule has 2 fully saturated rings. The monoisotopic (exact) mass is 227 g/mol. The van der Waals surface area contributed by atoms with Crippen molar-refractivity contribution in [1.82, 2.24) is 4.90 Å². The third kappa shape index (κ3) is 2.55. The van der Waals surface area contributed by atoms with E-state index < -0.39 is 0 Å². The molecular formula is C12H21NO3. The highest BCUT2D eigenvalue weighted by molar-refractivity contribution is 5.79. The van der Waals surface area contributed by atoms with Gasteiger partial charge in [0, 0.05) is 38.1 Å². The van der Waals surface area contributed by atoms with Crippen molar-refractivity contribution in [1.29, 1.82) is 0 Å². The molecule has 2 aliphatic heterocycles. The number of nitrogens with zero attached hydrogens (tertiary/aromatic N) is 1. The molecule has 2 aliphatic rings. The van der Waals surface area contributed by atoms with E-state index in [4.69, 9.17) is 4.74 Å². The second kappa shape index (κ2) is 5.15. The van der Waals surface area contributed by atoms with E-state index in [1.165, 1.54) is 0 Å². The maximum atomic E-state index is 12.2. The Labute approximate surface area is 96.6 Å². The SMILES string of the molecule is CC(O)C1CCN(C(=O)C2CCOCC2)C1. The molecule has 2 rings (SSSR count). The average molecular weight is 227 g/mol. The number of hydrogen-bond acceptors (Lipinski definition) is 3. The lowest BCUT2D eigenvalue weighted by Gasteiger charge is -2.26. The zero-order valence-corrected chi connectivity index (χ0v) is 9.89. The first kappa shape index (κ1) is 11.9. The van der Waals surface area contributed by atoms with Crippen LogP contribution in [0.25, 0.3) is 0 Å². The fourth-order valence-electron chi connectivity index (χ4n) is 2.58. The van der Waals surface area contributed by atoms with Crippen LogP contribution in [0.1, 0.15) is 26.2 Å². The van der Waals surface area contributed by atoms with Crippen molar-refractivity contribution in [3.05, 3.63) is 0 Å². The van der Waals surface area contributed by atoms with Crippen LogP contribution in [-0.2, 0) is 9.53 Å². The molecule has 0 aliphatic carbocycles. The molecule has 0 bridgehead atoms. The lowest BCUT2D eigenvalue weighted by atomic mass is 9.98. The van der Waals surface area contributed by atoms with Crippen molar-refractivity contribution < 1.29 is 14.6 Å². The number of hydrogen-bond donors (Lipinski definition) is 1. The summed E-state index contributed by atoms with van der Waals surface area (Å²) in [4.78, 5) is 14.1. The molecule has 1 N–H and O–H groups in total. The molecule has 0 aromatic carbocycles. The van der Waals surface area contributed by atoms with Crippen LogP contribution < -0.4 is 0 Å². The van der Waals surface area contributed by atoms with Gasteiger partial charge in [0.25, 0.3) is 0 Å². The van der Waals surface area contributed by atoms with E-state index in [9.17, 15) is 9.90 Å². The maximum Gasteiger partial charge on any atom is 0.225 e. The molecule has 4 heteroatoms. The third-order valence-electron chi connectivity index (χ3n) is 3.79. The Morgan fingerprint density at radius 2 is 2.06 bits per heavy atom. The van der Waals surface area contributed by atoms with E-state index in [1.807, 2.05) is 11.8 Å². The van der Waals surface area contributed by atoms with Gasteiger partial charge in [-0.15, -0.1) is 0 Å². The second-order valence-electron chi connectivity index (χ2n) is 4.96. The lowest BCUT2D eigenvalue weighted by Crippen LogP contribution is -2.37. The summed E-state index contributed by atoms with van der Waals surface area (Å²) in [6.45, 7) is 4.78. The molecule has 0 aromatic heterocycles. The zero-order chi connectivity index (χ0) is 11.5. The topological polar surface area (TPSA) is 49.8 Å². The Balaban J connectivity index is 1.86. The highest BCUT2D eigenvalue weighted by Gasteiger charge is 2.33. The Kier molecular flexibility index (Phi) is 3.82. The summed E-state index contributed by atoms with van der Waals surface area (Å²) in [6, 6.07) is 0. The van der Waals surface area contributed by atoms with E-state index in [0.717, 1.165) is 32.4 Å². The van der Waals surface area contributed by atoms with Gasteiger partial charge in [0.2, 0.25) is 5.91 Å². The second-order valence-corrected chi connectivity index (χ2v) is 4.96. The number of likely N-dealkylation sites (tertiary alicyclic amines) is 1. The van der Waals surface area contributed by atoms with Gasteiger partial charge in [0.05, 0.1) is 6.10 Å². The van der Waals surface area contributed by atoms with Gasteiger partial charge in [-0.3, -0.25) is 4.79 Å². The number of carbonyl (C=O) groups is 1. The summed E-state index contributed by atoms with van der Waals surface area (Å²) < 4.78 is 5.26. The molecule has 2 saturated heterocycles. The zero-order valence-electron chi connectivity index (χ0n) is 9.89. The number of rotatable bonds is 2. The quantitative estimate of drug-likeness (QED) is 0.753. The summed E-state index contributed by atoms with van der Waals surface area (Å²) in [5.74, 6) is 0.691. The first-order valence-electron chi connectivity index (χ1n) is 6.23. The van der Waals surface area contributed by atoms with Gasteiger partial charge in [-0.25, -0.2) is 0 Å². The van der Waals surface area contributed by atoms with Crippen molar-refractivity contribution in [2.24, 2.45) is 11.8 Å². The van der Waals surface area contributed by atoms with Gasteiger partial charge in [-0.05, 0) is 26.2 Å². The molecule has 1 amide bonds. The van der Waals surface area contributed by atoms with Crippen LogP contribution in [0.3, 0.4) is 0 Å². The minimum atomic E-state index is -0.299. The van der Waals surface area contributed by atoms with E-state index in [2.05, 4.69) is 0 Å². The van der Waals surface area contributed by atoms with E-state index in [0.29, 0.717) is 13.2 Å². The fraction of sp³-hybridized carbons (Fsp3) is 0.917. The van der Waals surface area contributed by atoms with Crippen LogP contribution in [0, 0.1) is 11.8 Å². The van der Waals surface area contributed by atoms with Crippen molar-refractivity contribution in [3.63, 3.8) is 0 Å². The molecule has 0 saturated carbocycles. The smallest absolute Gasteiger partial charge is 0.225 e. The minimum Gasteiger partial charge on any atom is -0.393 e. The number of ether oxygens (including phenoxy) is 1. The summed E-state index contributed by atoms with van der Waals surface area (Å²) in [5, 5.41) is 9.50. The van der Waals surface area contributed by atoms with Crippen molar-refractivity contribution >= 4 is 5.91 Å². The molecule has 4 nitrogen and oxygen atoms in total. The molecule has 0 spiro atoms. The molecule has 0 radical (unpaired) electrons. The maximum absolute atomic E-state index is 12.2. The van der Waals surface area contributed by atoms with Crippen molar-refractivity contribution in [2.45, 2.75) is 32.3 Å². The summed E-state index contributed by atoms with van der Waals surface area (Å²) in [7, 11) is 0. The predicted molar refractivity (Wildman–Crippen MR) is 59.9 cm³/mol. The first-order chi connectivity index (χ1) is 7.68. The molecule has 2 heterocycles. The van der Waals surface area contributed by atoms with Gasteiger partial charge in [0.1, 0.15) is 0 Å². The van der Waals surface area contributed by atoms with Gasteiger partial charge >= 0.3 is 0 Å². The van der Waals surface area contributed by atoms with E-state index in [-0.39, 0.29) is 23.8 Å². The van der Waals surface area contributed by atoms with Gasteiger partial charge in [-0.2, -0.15) is 0 Å². The van der Waals surface area contributed by atoms with Crippen LogP contribution in [0.5, 0.6) is 0 Å². The molecule has 2 unspecified atom stereocenters. The van der Waals surface area contributed by atoms with Crippen LogP contribution in [0.15, 0.2) is 0 Å². The standard InChI is InChI=1S/C12H21NO3/c1-9(14)11-2-5-13(8-11)12(15)10-3-6-16-7-4-10/h9-11,14H,2-8H2,1H3. The largest absolute Gasteiger partial charge is 0.393 e. The summed E-state index contributed by atoms with van der Waals surface area (Å²) in [6.07, 6.45) is 2.35. The summed E-state index contributed by atoms with van der Waals surface area (Å²) in [5.41, 5.74) is 0. The van der Waals surface area contributed by atoms with Gasteiger partial charge < -0.3 is 14.7 Å². The van der Waals surface area contributed by atoms with Gasteiger partial charge in [0.15, 0.2) is 0 Å². The normalized spacial score (nSPS) is 29.4. The highest BCUT2D eigenvalue weighted by Crippen LogP contribution is 2.24. The lowest BCUT2D eigenvalue weighted by molar-refractivity contribution is -0.137. The molecular weight excluding hydrogens is 206 g/mol. The number of aliphatic hydroxyl groups excluding tert-OH is 1.